The molecule has 34 heavy (non-hydrogen) atoms. The number of carbonyl (C=O) groups excluding carboxylic acids is 1. The van der Waals surface area contributed by atoms with Crippen molar-refractivity contribution in [3.63, 3.8) is 0 Å². The number of aromatic nitrogens is 2. The lowest BCUT2D eigenvalue weighted by Gasteiger charge is -2.13. The molecule has 1 fully saturated rings. The summed E-state index contributed by atoms with van der Waals surface area (Å²) in [6.45, 7) is 0. The first-order chi connectivity index (χ1) is 16.3. The number of rotatable bonds is 6. The lowest BCUT2D eigenvalue weighted by molar-refractivity contribution is -0.117. The standard InChI is InChI=1S/C23H20N4O6S/c1-32-18-6-2-3-7-19(18)33-22-17(23(29)27-10-5-4-8-20(27)26-22)12-15(13-24)21(28)25-16-9-11-34(30,31)14-16/h2-8,10,12,16H,9,11,14H2,1H3,(H,25,28). The van der Waals surface area contributed by atoms with Crippen molar-refractivity contribution in [1.29, 1.82) is 5.26 Å². The highest BCUT2D eigenvalue weighted by Gasteiger charge is 2.30. The lowest BCUT2D eigenvalue weighted by Crippen LogP contribution is -2.36. The van der Waals surface area contributed by atoms with Crippen molar-refractivity contribution in [2.24, 2.45) is 0 Å². The highest BCUT2D eigenvalue weighted by atomic mass is 32.2. The van der Waals surface area contributed by atoms with Crippen molar-refractivity contribution in [3.8, 4) is 23.4 Å². The number of methoxy groups -OCH3 is 1. The minimum absolute atomic E-state index is 0.0314. The molecule has 1 amide bonds. The van der Waals surface area contributed by atoms with Crippen molar-refractivity contribution in [2.75, 3.05) is 18.6 Å². The molecule has 0 radical (unpaired) electrons. The Morgan fingerprint density at radius 2 is 1.97 bits per heavy atom. The molecule has 174 valence electrons. The Morgan fingerprint density at radius 3 is 2.65 bits per heavy atom. The SMILES string of the molecule is COc1ccccc1Oc1nc2ccccn2c(=O)c1C=C(C#N)C(=O)NC1CCS(=O)(=O)C1. The summed E-state index contributed by atoms with van der Waals surface area (Å²) in [5, 5.41) is 12.2. The third-order valence-corrected chi connectivity index (χ3v) is 7.00. The van der Waals surface area contributed by atoms with Crippen LogP contribution in [0.1, 0.15) is 12.0 Å². The fraction of sp³-hybridized carbons (Fsp3) is 0.217. The van der Waals surface area contributed by atoms with Gasteiger partial charge in [-0.05, 0) is 36.8 Å². The molecule has 1 atom stereocenters. The van der Waals surface area contributed by atoms with Gasteiger partial charge in [0.05, 0.1) is 18.6 Å². The summed E-state index contributed by atoms with van der Waals surface area (Å²) < 4.78 is 35.8. The third kappa shape index (κ3) is 4.77. The smallest absolute Gasteiger partial charge is 0.269 e. The van der Waals surface area contributed by atoms with E-state index in [9.17, 15) is 23.3 Å². The Hall–Kier alpha value is -4.17. The maximum Gasteiger partial charge on any atom is 0.269 e. The number of ether oxygens (including phenoxy) is 2. The van der Waals surface area contributed by atoms with Crippen molar-refractivity contribution < 1.29 is 22.7 Å². The van der Waals surface area contributed by atoms with Crippen molar-refractivity contribution >= 4 is 27.5 Å². The number of pyridine rings is 1. The maximum atomic E-state index is 13.2. The Kier molecular flexibility index (Phi) is 6.34. The van der Waals surface area contributed by atoms with Crippen LogP contribution in [0.15, 0.2) is 59.0 Å². The third-order valence-electron chi connectivity index (χ3n) is 5.23. The van der Waals surface area contributed by atoms with E-state index in [1.165, 1.54) is 17.7 Å². The molecular weight excluding hydrogens is 460 g/mol. The van der Waals surface area contributed by atoms with Crippen LogP contribution in [0.5, 0.6) is 17.4 Å². The van der Waals surface area contributed by atoms with Gasteiger partial charge in [-0.2, -0.15) is 10.2 Å². The molecule has 1 N–H and O–H groups in total. The lowest BCUT2D eigenvalue weighted by atomic mass is 10.1. The van der Waals surface area contributed by atoms with E-state index < -0.39 is 27.3 Å². The molecule has 1 aromatic carbocycles. The first kappa shape index (κ1) is 23.0. The number of hydrogen-bond donors (Lipinski definition) is 1. The van der Waals surface area contributed by atoms with Crippen LogP contribution in [0.25, 0.3) is 11.7 Å². The quantitative estimate of drug-likeness (QED) is 0.415. The Labute approximate surface area is 195 Å². The molecule has 0 aliphatic carbocycles. The van der Waals surface area contributed by atoms with E-state index in [0.717, 1.165) is 6.08 Å². The van der Waals surface area contributed by atoms with Gasteiger partial charge in [-0.1, -0.05) is 18.2 Å². The molecule has 1 aliphatic heterocycles. The number of sulfone groups is 1. The van der Waals surface area contributed by atoms with Gasteiger partial charge in [0.15, 0.2) is 21.3 Å². The number of nitrogens with one attached hydrogen (secondary N) is 1. The first-order valence-electron chi connectivity index (χ1n) is 10.3. The number of fused-ring (bicyclic) bond motifs is 1. The summed E-state index contributed by atoms with van der Waals surface area (Å²) in [6, 6.07) is 12.9. The fourth-order valence-corrected chi connectivity index (χ4v) is 5.23. The average molecular weight is 481 g/mol. The number of para-hydroxylation sites is 2. The highest BCUT2D eigenvalue weighted by Crippen LogP contribution is 2.31. The summed E-state index contributed by atoms with van der Waals surface area (Å²) in [6.07, 6.45) is 2.86. The van der Waals surface area contributed by atoms with Crippen LogP contribution in [0, 0.1) is 11.3 Å². The molecule has 1 unspecified atom stereocenters. The summed E-state index contributed by atoms with van der Waals surface area (Å²) in [5.41, 5.74) is -0.766. The zero-order chi connectivity index (χ0) is 24.3. The first-order valence-corrected chi connectivity index (χ1v) is 12.1. The summed E-state index contributed by atoms with van der Waals surface area (Å²) in [5.74, 6) is -0.454. The Bertz CT molecular complexity index is 1500. The average Bonchev–Trinajstić information content (AvgIpc) is 3.17. The van der Waals surface area contributed by atoms with Crippen molar-refractivity contribution in [2.45, 2.75) is 12.5 Å². The van der Waals surface area contributed by atoms with E-state index in [0.29, 0.717) is 11.4 Å². The molecule has 3 heterocycles. The minimum atomic E-state index is -3.22. The number of hydrogen-bond acceptors (Lipinski definition) is 8. The van der Waals surface area contributed by atoms with Gasteiger partial charge in [0.1, 0.15) is 22.9 Å². The number of amides is 1. The summed E-state index contributed by atoms with van der Waals surface area (Å²) >= 11 is 0. The molecule has 2 aromatic heterocycles. The fourth-order valence-electron chi connectivity index (χ4n) is 3.56. The van der Waals surface area contributed by atoms with Gasteiger partial charge in [0.2, 0.25) is 5.88 Å². The zero-order valence-electron chi connectivity index (χ0n) is 18.1. The molecular formula is C23H20N4O6S. The molecule has 3 aromatic rings. The van der Waals surface area contributed by atoms with Crippen LogP contribution < -0.4 is 20.3 Å². The molecule has 1 aliphatic rings. The van der Waals surface area contributed by atoms with Crippen LogP contribution in [-0.4, -0.2) is 48.4 Å². The second-order valence-corrected chi connectivity index (χ2v) is 9.79. The summed E-state index contributed by atoms with van der Waals surface area (Å²) in [4.78, 5) is 30.3. The zero-order valence-corrected chi connectivity index (χ0v) is 18.9. The Balaban J connectivity index is 1.78. The minimum Gasteiger partial charge on any atom is -0.493 e. The number of nitrogens with zero attached hydrogens (tertiary/aromatic N) is 3. The van der Waals surface area contributed by atoms with Crippen LogP contribution in [-0.2, 0) is 14.6 Å². The van der Waals surface area contributed by atoms with E-state index in [1.807, 2.05) is 0 Å². The van der Waals surface area contributed by atoms with Gasteiger partial charge in [-0.15, -0.1) is 0 Å². The molecule has 10 nitrogen and oxygen atoms in total. The number of carbonyl (C=O) groups is 1. The van der Waals surface area contributed by atoms with Gasteiger partial charge in [0, 0.05) is 12.2 Å². The van der Waals surface area contributed by atoms with E-state index in [2.05, 4.69) is 10.3 Å². The van der Waals surface area contributed by atoms with Gasteiger partial charge in [-0.3, -0.25) is 14.0 Å². The van der Waals surface area contributed by atoms with E-state index >= 15 is 0 Å². The molecule has 0 spiro atoms. The molecule has 11 heteroatoms. The van der Waals surface area contributed by atoms with Crippen LogP contribution >= 0.6 is 0 Å². The van der Waals surface area contributed by atoms with Crippen LogP contribution in [0.3, 0.4) is 0 Å². The molecule has 4 rings (SSSR count). The largest absolute Gasteiger partial charge is 0.493 e. The predicted molar refractivity (Wildman–Crippen MR) is 123 cm³/mol. The van der Waals surface area contributed by atoms with Gasteiger partial charge in [-0.25, -0.2) is 8.42 Å². The van der Waals surface area contributed by atoms with Crippen molar-refractivity contribution in [3.05, 3.63) is 70.2 Å². The topological polar surface area (TPSA) is 140 Å². The van der Waals surface area contributed by atoms with Gasteiger partial charge < -0.3 is 14.8 Å². The van der Waals surface area contributed by atoms with Gasteiger partial charge in [0.25, 0.3) is 11.5 Å². The van der Waals surface area contributed by atoms with E-state index in [1.54, 1.807) is 48.5 Å². The second kappa shape index (κ2) is 9.36. The normalized spacial score (nSPS) is 17.2. The van der Waals surface area contributed by atoms with Crippen LogP contribution in [0.2, 0.25) is 0 Å². The summed E-state index contributed by atoms with van der Waals surface area (Å²) in [7, 11) is -1.76. The monoisotopic (exact) mass is 480 g/mol. The van der Waals surface area contributed by atoms with Crippen molar-refractivity contribution in [1.82, 2.24) is 14.7 Å². The van der Waals surface area contributed by atoms with Gasteiger partial charge >= 0.3 is 0 Å². The van der Waals surface area contributed by atoms with Crippen LogP contribution in [0.4, 0.5) is 0 Å². The number of nitriles is 1. The van der Waals surface area contributed by atoms with E-state index in [4.69, 9.17) is 9.47 Å². The Morgan fingerprint density at radius 1 is 1.24 bits per heavy atom. The highest BCUT2D eigenvalue weighted by molar-refractivity contribution is 7.91. The number of benzene rings is 1. The molecule has 0 saturated carbocycles. The second-order valence-electron chi connectivity index (χ2n) is 7.56. The maximum absolute atomic E-state index is 13.2. The predicted octanol–water partition coefficient (Wildman–Crippen LogP) is 1.71. The molecule has 1 saturated heterocycles. The molecule has 0 bridgehead atoms. The van der Waals surface area contributed by atoms with E-state index in [-0.39, 0.29) is 40.7 Å².